The fourth-order valence-corrected chi connectivity index (χ4v) is 3.67. The summed E-state index contributed by atoms with van der Waals surface area (Å²) in [6.45, 7) is 2.43. The van der Waals surface area contributed by atoms with Crippen LogP contribution >= 0.6 is 11.3 Å². The predicted molar refractivity (Wildman–Crippen MR) is 95.1 cm³/mol. The van der Waals surface area contributed by atoms with Crippen molar-refractivity contribution in [2.75, 3.05) is 13.7 Å². The molecule has 0 saturated heterocycles. The molecule has 0 fully saturated rings. The minimum atomic E-state index is -0.556. The van der Waals surface area contributed by atoms with Crippen LogP contribution in [0.3, 0.4) is 0 Å². The van der Waals surface area contributed by atoms with Crippen molar-refractivity contribution in [2.24, 2.45) is 0 Å². The molecule has 0 aliphatic carbocycles. The molecule has 0 aliphatic rings. The average Bonchev–Trinajstić information content (AvgIpc) is 2.97. The Morgan fingerprint density at radius 2 is 1.88 bits per heavy atom. The smallest absolute Gasteiger partial charge is 0.354 e. The average molecular weight is 360 g/mol. The van der Waals surface area contributed by atoms with E-state index in [9.17, 15) is 9.18 Å². The van der Waals surface area contributed by atoms with Crippen LogP contribution in [0.2, 0.25) is 0 Å². The van der Waals surface area contributed by atoms with Crippen molar-refractivity contribution in [3.05, 3.63) is 58.7 Å². The maximum atomic E-state index is 14.2. The molecule has 0 amide bonds. The molecule has 0 unspecified atom stereocenters. The van der Waals surface area contributed by atoms with E-state index in [1.807, 2.05) is 6.92 Å². The van der Waals surface area contributed by atoms with Gasteiger partial charge in [0.15, 0.2) is 11.5 Å². The molecule has 2 aromatic carbocycles. The van der Waals surface area contributed by atoms with E-state index in [-0.39, 0.29) is 12.4 Å². The SMILES string of the molecule is CCOc1ccccc1OC(=O)c1sc2cccc(F)c2c1COC. The third-order valence-corrected chi connectivity index (χ3v) is 4.77. The lowest BCUT2D eigenvalue weighted by Gasteiger charge is -2.10. The fraction of sp³-hybridized carbons (Fsp3) is 0.211. The zero-order valence-electron chi connectivity index (χ0n) is 13.9. The number of ether oxygens (including phenoxy) is 3. The maximum absolute atomic E-state index is 14.2. The summed E-state index contributed by atoms with van der Waals surface area (Å²) in [4.78, 5) is 13.0. The van der Waals surface area contributed by atoms with Crippen molar-refractivity contribution in [3.63, 3.8) is 0 Å². The summed E-state index contributed by atoms with van der Waals surface area (Å²) < 4.78 is 31.0. The van der Waals surface area contributed by atoms with E-state index in [4.69, 9.17) is 14.2 Å². The molecule has 3 aromatic rings. The summed E-state index contributed by atoms with van der Waals surface area (Å²) in [6.07, 6.45) is 0. The van der Waals surface area contributed by atoms with Gasteiger partial charge in [0.25, 0.3) is 0 Å². The number of thiophene rings is 1. The van der Waals surface area contributed by atoms with Crippen molar-refractivity contribution in [2.45, 2.75) is 13.5 Å². The number of benzene rings is 2. The van der Waals surface area contributed by atoms with Gasteiger partial charge in [0.1, 0.15) is 10.7 Å². The molecule has 0 radical (unpaired) electrons. The first kappa shape index (κ1) is 17.4. The molecule has 0 spiro atoms. The number of hydrogen-bond donors (Lipinski definition) is 0. The lowest BCUT2D eigenvalue weighted by Crippen LogP contribution is -2.10. The van der Waals surface area contributed by atoms with Crippen molar-refractivity contribution >= 4 is 27.4 Å². The minimum Gasteiger partial charge on any atom is -0.490 e. The van der Waals surface area contributed by atoms with E-state index in [1.165, 1.54) is 24.5 Å². The maximum Gasteiger partial charge on any atom is 0.354 e. The van der Waals surface area contributed by atoms with Gasteiger partial charge in [-0.1, -0.05) is 18.2 Å². The first-order chi connectivity index (χ1) is 12.2. The highest BCUT2D eigenvalue weighted by Crippen LogP contribution is 2.35. The first-order valence-electron chi connectivity index (χ1n) is 7.78. The van der Waals surface area contributed by atoms with Crippen LogP contribution in [0.25, 0.3) is 10.1 Å². The van der Waals surface area contributed by atoms with Gasteiger partial charge in [0.05, 0.1) is 13.2 Å². The minimum absolute atomic E-state index is 0.123. The summed E-state index contributed by atoms with van der Waals surface area (Å²) in [5.74, 6) is -0.121. The third kappa shape index (κ3) is 3.50. The van der Waals surface area contributed by atoms with Crippen LogP contribution in [0.4, 0.5) is 4.39 Å². The van der Waals surface area contributed by atoms with Crippen molar-refractivity contribution in [1.29, 1.82) is 0 Å². The second-order valence-electron chi connectivity index (χ2n) is 5.22. The molecule has 3 rings (SSSR count). The summed E-state index contributed by atoms with van der Waals surface area (Å²) in [5, 5.41) is 0.402. The normalized spacial score (nSPS) is 10.8. The predicted octanol–water partition coefficient (Wildman–Crippen LogP) is 4.80. The van der Waals surface area contributed by atoms with E-state index in [1.54, 1.807) is 36.4 Å². The van der Waals surface area contributed by atoms with Crippen LogP contribution in [0.15, 0.2) is 42.5 Å². The van der Waals surface area contributed by atoms with E-state index in [0.29, 0.717) is 38.6 Å². The van der Waals surface area contributed by atoms with Gasteiger partial charge in [0, 0.05) is 22.8 Å². The van der Waals surface area contributed by atoms with Gasteiger partial charge < -0.3 is 14.2 Å². The molecule has 130 valence electrons. The van der Waals surface area contributed by atoms with Crippen LogP contribution in [0.1, 0.15) is 22.2 Å². The lowest BCUT2D eigenvalue weighted by molar-refractivity contribution is 0.0729. The lowest BCUT2D eigenvalue weighted by atomic mass is 10.1. The van der Waals surface area contributed by atoms with Crippen molar-refractivity contribution in [1.82, 2.24) is 0 Å². The second-order valence-corrected chi connectivity index (χ2v) is 6.28. The highest BCUT2D eigenvalue weighted by Gasteiger charge is 2.23. The number of rotatable bonds is 6. The Kier molecular flexibility index (Phi) is 5.31. The molecule has 6 heteroatoms. The van der Waals surface area contributed by atoms with Gasteiger partial charge in [-0.3, -0.25) is 0 Å². The second kappa shape index (κ2) is 7.63. The molecular formula is C19H17FO4S. The number of hydrogen-bond acceptors (Lipinski definition) is 5. The molecule has 1 heterocycles. The molecule has 4 nitrogen and oxygen atoms in total. The first-order valence-corrected chi connectivity index (χ1v) is 8.60. The highest BCUT2D eigenvalue weighted by atomic mass is 32.1. The van der Waals surface area contributed by atoms with Crippen LogP contribution in [-0.4, -0.2) is 19.7 Å². The largest absolute Gasteiger partial charge is 0.490 e. The quantitative estimate of drug-likeness (QED) is 0.468. The summed E-state index contributed by atoms with van der Waals surface area (Å²) >= 11 is 1.19. The Hall–Kier alpha value is -2.44. The highest BCUT2D eigenvalue weighted by molar-refractivity contribution is 7.21. The number of para-hydroxylation sites is 2. The molecule has 1 aromatic heterocycles. The molecule has 0 N–H and O–H groups in total. The van der Waals surface area contributed by atoms with Gasteiger partial charge in [-0.25, -0.2) is 9.18 Å². The zero-order chi connectivity index (χ0) is 17.8. The van der Waals surface area contributed by atoms with Gasteiger partial charge >= 0.3 is 5.97 Å². The Labute approximate surface area is 148 Å². The van der Waals surface area contributed by atoms with Gasteiger partial charge in [-0.05, 0) is 31.2 Å². The Morgan fingerprint density at radius 3 is 2.60 bits per heavy atom. The van der Waals surface area contributed by atoms with Gasteiger partial charge in [-0.15, -0.1) is 11.3 Å². The summed E-state index contributed by atoms with van der Waals surface area (Å²) in [7, 11) is 1.50. The summed E-state index contributed by atoms with van der Waals surface area (Å²) in [5.41, 5.74) is 0.500. The number of methoxy groups -OCH3 is 1. The molecule has 0 bridgehead atoms. The molecule has 25 heavy (non-hydrogen) atoms. The van der Waals surface area contributed by atoms with E-state index < -0.39 is 5.97 Å². The summed E-state index contributed by atoms with van der Waals surface area (Å²) in [6, 6.07) is 11.7. The number of fused-ring (bicyclic) bond motifs is 1. The number of esters is 1. The van der Waals surface area contributed by atoms with Gasteiger partial charge in [0.2, 0.25) is 0 Å². The van der Waals surface area contributed by atoms with E-state index in [0.717, 1.165) is 0 Å². The molecule has 0 aliphatic heterocycles. The van der Waals surface area contributed by atoms with E-state index in [2.05, 4.69) is 0 Å². The van der Waals surface area contributed by atoms with Crippen molar-refractivity contribution < 1.29 is 23.4 Å². The topological polar surface area (TPSA) is 44.8 Å². The molecule has 0 saturated carbocycles. The third-order valence-electron chi connectivity index (χ3n) is 3.59. The molecular weight excluding hydrogens is 343 g/mol. The number of carbonyl (C=O) groups is 1. The van der Waals surface area contributed by atoms with Crippen molar-refractivity contribution in [3.8, 4) is 11.5 Å². The Balaban J connectivity index is 2.00. The van der Waals surface area contributed by atoms with E-state index >= 15 is 0 Å². The zero-order valence-corrected chi connectivity index (χ0v) is 14.7. The van der Waals surface area contributed by atoms with Crippen LogP contribution in [0.5, 0.6) is 11.5 Å². The van der Waals surface area contributed by atoms with Crippen LogP contribution in [0, 0.1) is 5.82 Å². The Bertz CT molecular complexity index is 904. The monoisotopic (exact) mass is 360 g/mol. The van der Waals surface area contributed by atoms with Crippen LogP contribution in [-0.2, 0) is 11.3 Å². The van der Waals surface area contributed by atoms with Crippen LogP contribution < -0.4 is 9.47 Å². The van der Waals surface area contributed by atoms with Gasteiger partial charge in [-0.2, -0.15) is 0 Å². The Morgan fingerprint density at radius 1 is 1.12 bits per heavy atom. The number of halogens is 1. The number of carbonyl (C=O) groups excluding carboxylic acids is 1. The fourth-order valence-electron chi connectivity index (χ4n) is 2.57. The standard InChI is InChI=1S/C19H17FO4S/c1-3-23-14-8-4-5-9-15(14)24-19(21)18-12(11-22-2)17-13(20)7-6-10-16(17)25-18/h4-10H,3,11H2,1-2H3. The molecule has 0 atom stereocenters.